The topological polar surface area (TPSA) is 60.9 Å². The number of halogens is 1. The predicted octanol–water partition coefficient (Wildman–Crippen LogP) is 1.86. The van der Waals surface area contributed by atoms with Crippen LogP contribution in [0.5, 0.6) is 0 Å². The number of carboxylic acid groups (broad SMARTS) is 1. The maximum Gasteiger partial charge on any atom is 0.304 e. The molecule has 1 saturated heterocycles. The molecule has 1 saturated carbocycles. The van der Waals surface area contributed by atoms with Gasteiger partial charge in [0.1, 0.15) is 5.82 Å². The highest BCUT2D eigenvalue weighted by Gasteiger charge is 2.54. The summed E-state index contributed by atoms with van der Waals surface area (Å²) >= 11 is 0. The van der Waals surface area contributed by atoms with Crippen molar-refractivity contribution in [2.45, 2.75) is 37.6 Å². The summed E-state index contributed by atoms with van der Waals surface area (Å²) < 4.78 is 14.1. The van der Waals surface area contributed by atoms with Gasteiger partial charge in [-0.25, -0.2) is 4.39 Å². The number of benzene rings is 1. The Hall–Kier alpha value is -1.95. The van der Waals surface area contributed by atoms with Gasteiger partial charge in [0.25, 0.3) is 0 Å². The van der Waals surface area contributed by atoms with E-state index in [1.54, 1.807) is 18.2 Å². The molecule has 1 heterocycles. The molecule has 1 atom stereocenters. The Morgan fingerprint density at radius 1 is 1.21 bits per heavy atom. The lowest BCUT2D eigenvalue weighted by molar-refractivity contribution is -0.140. The highest BCUT2D eigenvalue weighted by atomic mass is 19.1. The lowest BCUT2D eigenvalue weighted by atomic mass is 9.93. The van der Waals surface area contributed by atoms with E-state index in [9.17, 15) is 14.0 Å². The highest BCUT2D eigenvalue weighted by Crippen LogP contribution is 2.50. The van der Waals surface area contributed by atoms with Crippen molar-refractivity contribution in [1.29, 1.82) is 0 Å². The summed E-state index contributed by atoms with van der Waals surface area (Å²) in [6.07, 6.45) is 1.50. The molecule has 0 radical (unpaired) electrons. The van der Waals surface area contributed by atoms with Gasteiger partial charge in [0.2, 0.25) is 5.91 Å². The van der Waals surface area contributed by atoms with Crippen molar-refractivity contribution in [2.24, 2.45) is 0 Å². The molecular formula is C18H23FN2O3. The van der Waals surface area contributed by atoms with Crippen LogP contribution in [0.2, 0.25) is 0 Å². The van der Waals surface area contributed by atoms with Crippen LogP contribution in [0, 0.1) is 5.82 Å². The fraction of sp³-hybridized carbons (Fsp3) is 0.556. The van der Waals surface area contributed by atoms with Gasteiger partial charge in [-0.05, 0) is 25.8 Å². The van der Waals surface area contributed by atoms with Crippen molar-refractivity contribution in [2.75, 3.05) is 26.2 Å². The van der Waals surface area contributed by atoms with E-state index >= 15 is 0 Å². The van der Waals surface area contributed by atoms with E-state index in [0.29, 0.717) is 44.6 Å². The molecule has 1 aliphatic heterocycles. The third-order valence-electron chi connectivity index (χ3n) is 5.24. The van der Waals surface area contributed by atoms with Crippen LogP contribution in [0.25, 0.3) is 0 Å². The number of carbonyl (C=O) groups excluding carboxylic acids is 1. The summed E-state index contributed by atoms with van der Waals surface area (Å²) in [4.78, 5) is 27.7. The Bertz CT molecular complexity index is 637. The average molecular weight is 334 g/mol. The third-order valence-corrected chi connectivity index (χ3v) is 5.24. The molecule has 1 aromatic rings. The van der Waals surface area contributed by atoms with Gasteiger partial charge >= 0.3 is 5.97 Å². The number of aliphatic carboxylic acids is 1. The standard InChI is InChI=1S/C18H23FN2O3/c1-13(12-16(22)23)20-8-10-21(11-9-20)17(24)18(6-7-18)14-4-2-3-5-15(14)19/h2-5,13H,6-12H2,1H3,(H,22,23). The van der Waals surface area contributed by atoms with Crippen molar-refractivity contribution in [3.05, 3.63) is 35.6 Å². The fourth-order valence-electron chi connectivity index (χ4n) is 3.62. The van der Waals surface area contributed by atoms with Crippen LogP contribution < -0.4 is 0 Å². The van der Waals surface area contributed by atoms with Crippen LogP contribution in [-0.4, -0.2) is 59.0 Å². The monoisotopic (exact) mass is 334 g/mol. The summed E-state index contributed by atoms with van der Waals surface area (Å²) in [7, 11) is 0. The number of hydrogen-bond acceptors (Lipinski definition) is 3. The first-order chi connectivity index (χ1) is 11.4. The smallest absolute Gasteiger partial charge is 0.304 e. The molecule has 1 unspecified atom stereocenters. The van der Waals surface area contributed by atoms with Crippen molar-refractivity contribution in [3.63, 3.8) is 0 Å². The first kappa shape index (κ1) is 16.9. The van der Waals surface area contributed by atoms with Gasteiger partial charge in [0, 0.05) is 37.8 Å². The minimum Gasteiger partial charge on any atom is -0.481 e. The maximum absolute atomic E-state index is 14.1. The molecule has 3 rings (SSSR count). The van der Waals surface area contributed by atoms with E-state index < -0.39 is 11.4 Å². The van der Waals surface area contributed by atoms with E-state index in [2.05, 4.69) is 4.90 Å². The first-order valence-corrected chi connectivity index (χ1v) is 8.44. The van der Waals surface area contributed by atoms with E-state index in [1.807, 2.05) is 11.8 Å². The van der Waals surface area contributed by atoms with Gasteiger partial charge in [-0.1, -0.05) is 18.2 Å². The SMILES string of the molecule is CC(CC(=O)O)N1CCN(C(=O)C2(c3ccccc3F)CC2)CC1. The van der Waals surface area contributed by atoms with Gasteiger partial charge in [-0.2, -0.15) is 0 Å². The van der Waals surface area contributed by atoms with Gasteiger partial charge < -0.3 is 10.0 Å². The Morgan fingerprint density at radius 3 is 2.38 bits per heavy atom. The number of carboxylic acids is 1. The molecule has 1 aromatic carbocycles. The molecule has 2 aliphatic rings. The van der Waals surface area contributed by atoms with Gasteiger partial charge in [0.05, 0.1) is 11.8 Å². The minimum absolute atomic E-state index is 0.0122. The largest absolute Gasteiger partial charge is 0.481 e. The molecule has 1 N–H and O–H groups in total. The fourth-order valence-corrected chi connectivity index (χ4v) is 3.62. The Labute approximate surface area is 141 Å². The third kappa shape index (κ3) is 3.15. The second kappa shape index (κ2) is 6.51. The van der Waals surface area contributed by atoms with Gasteiger partial charge in [-0.3, -0.25) is 14.5 Å². The van der Waals surface area contributed by atoms with E-state index in [0.717, 1.165) is 0 Å². The van der Waals surface area contributed by atoms with Crippen LogP contribution in [0.3, 0.4) is 0 Å². The lowest BCUT2D eigenvalue weighted by Gasteiger charge is -2.39. The van der Waals surface area contributed by atoms with Crippen molar-refractivity contribution < 1.29 is 19.1 Å². The number of carbonyl (C=O) groups is 2. The molecule has 2 fully saturated rings. The zero-order chi connectivity index (χ0) is 17.3. The lowest BCUT2D eigenvalue weighted by Crippen LogP contribution is -2.53. The Morgan fingerprint density at radius 2 is 1.83 bits per heavy atom. The van der Waals surface area contributed by atoms with Crippen molar-refractivity contribution in [1.82, 2.24) is 9.80 Å². The summed E-state index contributed by atoms with van der Waals surface area (Å²) in [5.74, 6) is -1.10. The zero-order valence-corrected chi connectivity index (χ0v) is 13.9. The molecule has 1 amide bonds. The highest BCUT2D eigenvalue weighted by molar-refractivity contribution is 5.91. The summed E-state index contributed by atoms with van der Waals surface area (Å²) in [6.45, 7) is 4.35. The zero-order valence-electron chi connectivity index (χ0n) is 13.9. The van der Waals surface area contributed by atoms with Crippen LogP contribution >= 0.6 is 0 Å². The quantitative estimate of drug-likeness (QED) is 0.893. The normalized spacial score (nSPS) is 21.3. The van der Waals surface area contributed by atoms with Gasteiger partial charge in [-0.15, -0.1) is 0 Å². The van der Waals surface area contributed by atoms with E-state index in [-0.39, 0.29) is 24.2 Å². The van der Waals surface area contributed by atoms with E-state index in [1.165, 1.54) is 6.07 Å². The molecule has 6 heteroatoms. The van der Waals surface area contributed by atoms with Crippen molar-refractivity contribution >= 4 is 11.9 Å². The number of nitrogens with zero attached hydrogens (tertiary/aromatic N) is 2. The number of rotatable bonds is 5. The van der Waals surface area contributed by atoms with Crippen LogP contribution in [0.1, 0.15) is 31.7 Å². The first-order valence-electron chi connectivity index (χ1n) is 8.44. The maximum atomic E-state index is 14.1. The Kier molecular flexibility index (Phi) is 4.58. The molecular weight excluding hydrogens is 311 g/mol. The molecule has 5 nitrogen and oxygen atoms in total. The summed E-state index contributed by atoms with van der Waals surface area (Å²) in [6, 6.07) is 6.50. The van der Waals surface area contributed by atoms with Crippen LogP contribution in [-0.2, 0) is 15.0 Å². The Balaban J connectivity index is 1.64. The molecule has 130 valence electrons. The summed E-state index contributed by atoms with van der Waals surface area (Å²) in [5, 5.41) is 8.90. The molecule has 0 spiro atoms. The molecule has 0 aromatic heterocycles. The van der Waals surface area contributed by atoms with Crippen LogP contribution in [0.4, 0.5) is 4.39 Å². The molecule has 24 heavy (non-hydrogen) atoms. The van der Waals surface area contributed by atoms with E-state index in [4.69, 9.17) is 5.11 Å². The number of hydrogen-bond donors (Lipinski definition) is 1. The second-order valence-corrected chi connectivity index (χ2v) is 6.84. The number of piperazine rings is 1. The molecule has 0 bridgehead atoms. The van der Waals surface area contributed by atoms with Crippen molar-refractivity contribution in [3.8, 4) is 0 Å². The van der Waals surface area contributed by atoms with Gasteiger partial charge in [0.15, 0.2) is 0 Å². The predicted molar refractivity (Wildman–Crippen MR) is 87.2 cm³/mol. The van der Waals surface area contributed by atoms with Crippen LogP contribution in [0.15, 0.2) is 24.3 Å². The number of amides is 1. The molecule has 1 aliphatic carbocycles. The average Bonchev–Trinajstić information content (AvgIpc) is 3.36. The second-order valence-electron chi connectivity index (χ2n) is 6.84. The minimum atomic E-state index is -0.808. The summed E-state index contributed by atoms with van der Waals surface area (Å²) in [5.41, 5.74) is -0.170.